The fourth-order valence-corrected chi connectivity index (χ4v) is 4.17. The van der Waals surface area contributed by atoms with Crippen LogP contribution in [0.1, 0.15) is 13.3 Å². The van der Waals surface area contributed by atoms with E-state index in [2.05, 4.69) is 16.5 Å². The van der Waals surface area contributed by atoms with Gasteiger partial charge in [0.15, 0.2) is 0 Å². The first-order valence-electron chi connectivity index (χ1n) is 6.60. The van der Waals surface area contributed by atoms with E-state index in [1.54, 1.807) is 24.3 Å². The maximum Gasteiger partial charge on any atom is 0.244 e. The predicted octanol–water partition coefficient (Wildman–Crippen LogP) is 0.820. The summed E-state index contributed by atoms with van der Waals surface area (Å²) in [5.74, 6) is 0.459. The molecule has 0 amide bonds. The number of sulfonamides is 1. The number of nitrogens with zero attached hydrogens (tertiary/aromatic N) is 1. The SMILES string of the molecule is CCCN1C[C@@H]2Oc3ccccc3S(=O)(=O)N[C@@H]2C1. The Bertz CT molecular complexity index is 573. The summed E-state index contributed by atoms with van der Waals surface area (Å²) in [5, 5.41) is 0. The summed E-state index contributed by atoms with van der Waals surface area (Å²) in [4.78, 5) is 2.48. The maximum atomic E-state index is 12.3. The van der Waals surface area contributed by atoms with Gasteiger partial charge in [-0.2, -0.15) is 0 Å². The second kappa shape index (κ2) is 4.77. The Balaban J connectivity index is 1.93. The second-order valence-electron chi connectivity index (χ2n) is 5.09. The molecule has 1 saturated heterocycles. The molecule has 0 saturated carbocycles. The normalized spacial score (nSPS) is 29.1. The Kier molecular flexibility index (Phi) is 3.24. The molecule has 0 bridgehead atoms. The monoisotopic (exact) mass is 282 g/mol. The Morgan fingerprint density at radius 3 is 2.95 bits per heavy atom. The number of ether oxygens (including phenoxy) is 1. The van der Waals surface area contributed by atoms with Crippen LogP contribution in [-0.2, 0) is 10.0 Å². The van der Waals surface area contributed by atoms with E-state index in [0.717, 1.165) is 19.5 Å². The third-order valence-corrected chi connectivity index (χ3v) is 5.13. The Morgan fingerprint density at radius 2 is 2.16 bits per heavy atom. The molecular formula is C13H18N2O3S. The van der Waals surface area contributed by atoms with Crippen molar-refractivity contribution >= 4 is 10.0 Å². The number of fused-ring (bicyclic) bond motifs is 2. The van der Waals surface area contributed by atoms with Gasteiger partial charge < -0.3 is 4.74 Å². The average molecular weight is 282 g/mol. The number of hydrogen-bond acceptors (Lipinski definition) is 4. The summed E-state index contributed by atoms with van der Waals surface area (Å²) in [6.07, 6.45) is 0.952. The van der Waals surface area contributed by atoms with E-state index in [9.17, 15) is 8.42 Å². The van der Waals surface area contributed by atoms with Crippen LogP contribution in [0.4, 0.5) is 0 Å². The summed E-state index contributed by atoms with van der Waals surface area (Å²) < 4.78 is 33.3. The zero-order valence-electron chi connectivity index (χ0n) is 10.9. The van der Waals surface area contributed by atoms with Gasteiger partial charge >= 0.3 is 0 Å². The zero-order valence-corrected chi connectivity index (χ0v) is 11.7. The molecule has 6 heteroatoms. The van der Waals surface area contributed by atoms with Crippen LogP contribution >= 0.6 is 0 Å². The molecule has 1 aromatic carbocycles. The molecule has 2 heterocycles. The van der Waals surface area contributed by atoms with Crippen LogP contribution < -0.4 is 9.46 Å². The minimum absolute atomic E-state index is 0.107. The van der Waals surface area contributed by atoms with Crippen LogP contribution in [0.15, 0.2) is 29.2 Å². The molecule has 0 aromatic heterocycles. The van der Waals surface area contributed by atoms with Crippen molar-refractivity contribution in [3.05, 3.63) is 24.3 Å². The maximum absolute atomic E-state index is 12.3. The molecule has 1 N–H and O–H groups in total. The first-order chi connectivity index (χ1) is 9.10. The van der Waals surface area contributed by atoms with Crippen LogP contribution in [0.2, 0.25) is 0 Å². The van der Waals surface area contributed by atoms with E-state index in [4.69, 9.17) is 4.74 Å². The van der Waals surface area contributed by atoms with Gasteiger partial charge in [0.25, 0.3) is 0 Å². The fraction of sp³-hybridized carbons (Fsp3) is 0.538. The van der Waals surface area contributed by atoms with Crippen molar-refractivity contribution in [3.63, 3.8) is 0 Å². The topological polar surface area (TPSA) is 58.6 Å². The summed E-state index contributed by atoms with van der Waals surface area (Å²) >= 11 is 0. The fourth-order valence-electron chi connectivity index (χ4n) is 2.78. The van der Waals surface area contributed by atoms with Gasteiger partial charge in [0.2, 0.25) is 10.0 Å². The Labute approximate surface area is 113 Å². The summed E-state index contributed by atoms with van der Waals surface area (Å²) in [6, 6.07) is 6.66. The zero-order chi connectivity index (χ0) is 13.5. The molecule has 5 nitrogen and oxygen atoms in total. The van der Waals surface area contributed by atoms with Crippen molar-refractivity contribution in [3.8, 4) is 5.75 Å². The molecule has 2 aliphatic heterocycles. The second-order valence-corrected chi connectivity index (χ2v) is 6.77. The van der Waals surface area contributed by atoms with Crippen LogP contribution in [0.5, 0.6) is 5.75 Å². The van der Waals surface area contributed by atoms with Crippen molar-refractivity contribution in [2.75, 3.05) is 19.6 Å². The van der Waals surface area contributed by atoms with E-state index >= 15 is 0 Å². The van der Waals surface area contributed by atoms with Crippen LogP contribution in [-0.4, -0.2) is 45.1 Å². The van der Waals surface area contributed by atoms with Gasteiger partial charge in [-0.05, 0) is 25.1 Å². The molecule has 3 rings (SSSR count). The molecule has 0 aliphatic carbocycles. The minimum Gasteiger partial charge on any atom is -0.486 e. The van der Waals surface area contributed by atoms with E-state index < -0.39 is 10.0 Å². The van der Waals surface area contributed by atoms with Crippen molar-refractivity contribution in [1.82, 2.24) is 9.62 Å². The lowest BCUT2D eigenvalue weighted by atomic mass is 10.2. The number of likely N-dealkylation sites (tertiary alicyclic amines) is 1. The number of para-hydroxylation sites is 1. The van der Waals surface area contributed by atoms with Crippen LogP contribution in [0.25, 0.3) is 0 Å². The highest BCUT2D eigenvalue weighted by atomic mass is 32.2. The molecule has 2 aliphatic rings. The van der Waals surface area contributed by atoms with Gasteiger partial charge in [0, 0.05) is 13.1 Å². The van der Waals surface area contributed by atoms with Gasteiger partial charge in [0.05, 0.1) is 6.04 Å². The first kappa shape index (κ1) is 12.9. The van der Waals surface area contributed by atoms with Gasteiger partial charge in [0.1, 0.15) is 16.7 Å². The molecule has 0 unspecified atom stereocenters. The number of benzene rings is 1. The molecule has 104 valence electrons. The van der Waals surface area contributed by atoms with E-state index in [1.807, 2.05) is 0 Å². The lowest BCUT2D eigenvalue weighted by Crippen LogP contribution is -2.42. The smallest absolute Gasteiger partial charge is 0.244 e. The molecule has 0 radical (unpaired) electrons. The Morgan fingerprint density at radius 1 is 1.37 bits per heavy atom. The van der Waals surface area contributed by atoms with Gasteiger partial charge in [-0.15, -0.1) is 0 Å². The van der Waals surface area contributed by atoms with Crippen molar-refractivity contribution in [2.24, 2.45) is 0 Å². The van der Waals surface area contributed by atoms with Gasteiger partial charge in [-0.3, -0.25) is 4.90 Å². The van der Waals surface area contributed by atoms with E-state index in [1.165, 1.54) is 0 Å². The van der Waals surface area contributed by atoms with Crippen molar-refractivity contribution in [2.45, 2.75) is 30.4 Å². The van der Waals surface area contributed by atoms with E-state index in [0.29, 0.717) is 12.3 Å². The van der Waals surface area contributed by atoms with Crippen molar-refractivity contribution in [1.29, 1.82) is 0 Å². The number of nitrogens with one attached hydrogen (secondary N) is 1. The molecule has 1 aromatic rings. The lowest BCUT2D eigenvalue weighted by molar-refractivity contribution is 0.185. The minimum atomic E-state index is -3.47. The Hall–Kier alpha value is -1.11. The van der Waals surface area contributed by atoms with Crippen LogP contribution in [0.3, 0.4) is 0 Å². The van der Waals surface area contributed by atoms with Gasteiger partial charge in [-0.25, -0.2) is 13.1 Å². The van der Waals surface area contributed by atoms with Crippen molar-refractivity contribution < 1.29 is 13.2 Å². The average Bonchev–Trinajstić information content (AvgIpc) is 2.67. The summed E-state index contributed by atoms with van der Waals surface area (Å²) in [6.45, 7) is 4.58. The molecule has 1 fully saturated rings. The highest BCUT2D eigenvalue weighted by Crippen LogP contribution is 2.30. The number of rotatable bonds is 2. The first-order valence-corrected chi connectivity index (χ1v) is 8.09. The summed E-state index contributed by atoms with van der Waals surface area (Å²) in [7, 11) is -3.47. The number of hydrogen-bond donors (Lipinski definition) is 1. The third kappa shape index (κ3) is 2.35. The standard InChI is InChI=1S/C13H18N2O3S/c1-2-7-15-8-10-12(9-15)18-11-5-3-4-6-13(11)19(16,17)14-10/h3-6,10,12,14H,2,7-9H2,1H3/t10-,12+/m1/s1. The summed E-state index contributed by atoms with van der Waals surface area (Å²) in [5.41, 5.74) is 0. The van der Waals surface area contributed by atoms with Crippen LogP contribution in [0, 0.1) is 0 Å². The molecular weight excluding hydrogens is 264 g/mol. The molecule has 19 heavy (non-hydrogen) atoms. The highest BCUT2D eigenvalue weighted by Gasteiger charge is 2.40. The predicted molar refractivity (Wildman–Crippen MR) is 71.7 cm³/mol. The molecule has 0 spiro atoms. The largest absolute Gasteiger partial charge is 0.486 e. The quantitative estimate of drug-likeness (QED) is 0.872. The molecule has 2 atom stereocenters. The highest BCUT2D eigenvalue weighted by molar-refractivity contribution is 7.89. The lowest BCUT2D eigenvalue weighted by Gasteiger charge is -2.16. The van der Waals surface area contributed by atoms with Gasteiger partial charge in [-0.1, -0.05) is 19.1 Å². The third-order valence-electron chi connectivity index (χ3n) is 3.61. The van der Waals surface area contributed by atoms with E-state index in [-0.39, 0.29) is 17.0 Å².